The second-order valence-electron chi connectivity index (χ2n) is 13.9. The van der Waals surface area contributed by atoms with E-state index in [0.29, 0.717) is 19.4 Å². The second-order valence-corrected chi connectivity index (χ2v) is 13.9. The van der Waals surface area contributed by atoms with E-state index in [2.05, 4.69) is 32.3 Å². The normalized spacial score (nSPS) is 35.7. The first kappa shape index (κ1) is 31.1. The summed E-state index contributed by atoms with van der Waals surface area (Å²) < 4.78 is 7.36. The first-order chi connectivity index (χ1) is 20.4. The topological polar surface area (TPSA) is 98.5 Å². The summed E-state index contributed by atoms with van der Waals surface area (Å²) in [5.74, 6) is -0.593. The minimum absolute atomic E-state index is 0.0453. The fourth-order valence-corrected chi connectivity index (χ4v) is 8.91. The number of aliphatic hydroxyl groups excluding tert-OH is 1. The molecule has 1 heterocycles. The van der Waals surface area contributed by atoms with Crippen LogP contribution in [-0.2, 0) is 25.7 Å². The maximum Gasteiger partial charge on any atom is 0.331 e. The molecule has 3 aliphatic rings. The van der Waals surface area contributed by atoms with E-state index >= 15 is 0 Å². The van der Waals surface area contributed by atoms with Gasteiger partial charge < -0.3 is 14.4 Å². The highest BCUT2D eigenvalue weighted by Crippen LogP contribution is 2.69. The highest BCUT2D eigenvalue weighted by Gasteiger charge is 2.67. The Labute approximate surface area is 255 Å². The van der Waals surface area contributed by atoms with Crippen molar-refractivity contribution in [3.05, 3.63) is 72.8 Å². The molecule has 8 atom stereocenters. The third-order valence-electron chi connectivity index (χ3n) is 11.7. The van der Waals surface area contributed by atoms with Crippen molar-refractivity contribution in [1.82, 2.24) is 9.55 Å². The van der Waals surface area contributed by atoms with Crippen molar-refractivity contribution in [2.75, 3.05) is 6.61 Å². The van der Waals surface area contributed by atoms with Gasteiger partial charge in [-0.05, 0) is 71.5 Å². The Hall–Kier alpha value is -3.32. The van der Waals surface area contributed by atoms with E-state index in [1.807, 2.05) is 48.0 Å². The molecule has 1 aromatic heterocycles. The first-order valence-corrected chi connectivity index (χ1v) is 15.7. The van der Waals surface area contributed by atoms with E-state index in [0.717, 1.165) is 30.4 Å². The molecule has 0 amide bonds. The highest BCUT2D eigenvalue weighted by molar-refractivity contribution is 5.90. The van der Waals surface area contributed by atoms with E-state index in [1.165, 1.54) is 6.08 Å². The molecular formula is C36H46N2O5. The molecule has 0 unspecified atom stereocenters. The van der Waals surface area contributed by atoms with Gasteiger partial charge >= 0.3 is 5.97 Å². The molecule has 3 saturated carbocycles. The van der Waals surface area contributed by atoms with Crippen molar-refractivity contribution in [3.8, 4) is 0 Å². The van der Waals surface area contributed by atoms with Gasteiger partial charge in [-0.1, -0.05) is 58.0 Å². The number of esters is 1. The van der Waals surface area contributed by atoms with Crippen LogP contribution in [0.25, 0.3) is 6.08 Å². The Morgan fingerprint density at radius 2 is 1.93 bits per heavy atom. The van der Waals surface area contributed by atoms with Crippen LogP contribution < -0.4 is 0 Å². The van der Waals surface area contributed by atoms with Gasteiger partial charge in [0.1, 0.15) is 12.4 Å². The molecule has 0 spiro atoms. The number of nitrogens with zero attached hydrogens (tertiary/aromatic N) is 2. The van der Waals surface area contributed by atoms with Crippen LogP contribution in [0.2, 0.25) is 0 Å². The predicted molar refractivity (Wildman–Crippen MR) is 166 cm³/mol. The van der Waals surface area contributed by atoms with Crippen molar-refractivity contribution in [3.63, 3.8) is 0 Å². The molecule has 1 N–H and O–H groups in total. The second kappa shape index (κ2) is 12.0. The maximum absolute atomic E-state index is 13.6. The number of imidazole rings is 1. The third-order valence-corrected chi connectivity index (χ3v) is 11.7. The molecule has 230 valence electrons. The summed E-state index contributed by atoms with van der Waals surface area (Å²) in [7, 11) is 0. The van der Waals surface area contributed by atoms with E-state index in [1.54, 1.807) is 18.6 Å². The number of Topliss-reactive ketones (excluding diaryl/α,β-unsaturated/α-hetero) is 2. The molecule has 2 aromatic rings. The summed E-state index contributed by atoms with van der Waals surface area (Å²) in [6.45, 7) is 13.1. The van der Waals surface area contributed by atoms with Gasteiger partial charge in [0.05, 0.1) is 12.4 Å². The summed E-state index contributed by atoms with van der Waals surface area (Å²) in [5, 5.41) is 11.7. The number of carbonyl (C=O) groups excluding carboxylic acids is 3. The minimum atomic E-state index is -0.656. The van der Waals surface area contributed by atoms with Crippen molar-refractivity contribution in [1.29, 1.82) is 0 Å². The lowest BCUT2D eigenvalue weighted by molar-refractivity contribution is -0.177. The zero-order valence-corrected chi connectivity index (χ0v) is 26.0. The van der Waals surface area contributed by atoms with Crippen molar-refractivity contribution in [2.45, 2.75) is 78.9 Å². The van der Waals surface area contributed by atoms with Gasteiger partial charge in [0.2, 0.25) is 0 Å². The summed E-state index contributed by atoms with van der Waals surface area (Å²) in [5.41, 5.74) is 0.712. The lowest BCUT2D eigenvalue weighted by atomic mass is 9.41. The molecule has 2 bridgehead atoms. The van der Waals surface area contributed by atoms with Gasteiger partial charge in [-0.25, -0.2) is 9.78 Å². The molecule has 3 aliphatic carbocycles. The highest BCUT2D eigenvalue weighted by atomic mass is 16.5. The van der Waals surface area contributed by atoms with Gasteiger partial charge in [-0.15, -0.1) is 6.58 Å². The summed E-state index contributed by atoms with van der Waals surface area (Å²) in [6, 6.07) is 7.85. The smallest absolute Gasteiger partial charge is 0.331 e. The Kier molecular flexibility index (Phi) is 8.68. The van der Waals surface area contributed by atoms with Crippen LogP contribution in [0, 0.1) is 39.9 Å². The fourth-order valence-electron chi connectivity index (χ4n) is 8.91. The van der Waals surface area contributed by atoms with E-state index < -0.39 is 22.9 Å². The molecule has 1 aromatic carbocycles. The van der Waals surface area contributed by atoms with Gasteiger partial charge in [-0.2, -0.15) is 0 Å². The van der Waals surface area contributed by atoms with Crippen LogP contribution in [0.1, 0.15) is 77.3 Å². The summed E-state index contributed by atoms with van der Waals surface area (Å²) in [6.07, 6.45) is 13.6. The quantitative estimate of drug-likeness (QED) is 0.218. The number of ketones is 2. The number of hydrogen-bond acceptors (Lipinski definition) is 6. The summed E-state index contributed by atoms with van der Waals surface area (Å²) >= 11 is 0. The van der Waals surface area contributed by atoms with Crippen LogP contribution in [0.4, 0.5) is 0 Å². The average Bonchev–Trinajstić information content (AvgIpc) is 3.64. The van der Waals surface area contributed by atoms with E-state index in [-0.39, 0.29) is 53.7 Å². The Morgan fingerprint density at radius 3 is 2.60 bits per heavy atom. The molecule has 0 aliphatic heterocycles. The number of carbonyl (C=O) groups is 3. The predicted octanol–water partition coefficient (Wildman–Crippen LogP) is 6.06. The standard InChI is InChI=1S/C36H46N2O5/c1-6-34(4)20-28(35(5)24(2)13-15-36(25(3)33(34)42)16-14-30(40)32(35)36)19-29(39)22-43-31(41)12-11-26-7-9-27(10-8-26)21-38-18-17-37-23-38/h6-12,17-18,23-25,28,32-33,42H,1,13-16,19-22H2,2-5H3/b12-11+/t24-,25+,28-,32+,33+,34-,35+,36+/m1/s1. The number of aromatic nitrogens is 2. The number of rotatable bonds is 9. The fraction of sp³-hybridized carbons (Fsp3) is 0.556. The lowest BCUT2D eigenvalue weighted by Crippen LogP contribution is -2.61. The van der Waals surface area contributed by atoms with E-state index in [4.69, 9.17) is 4.74 Å². The molecule has 43 heavy (non-hydrogen) atoms. The largest absolute Gasteiger partial charge is 0.455 e. The first-order valence-electron chi connectivity index (χ1n) is 15.7. The molecule has 0 radical (unpaired) electrons. The van der Waals surface area contributed by atoms with Crippen LogP contribution in [0.5, 0.6) is 0 Å². The van der Waals surface area contributed by atoms with Crippen LogP contribution in [-0.4, -0.2) is 44.9 Å². The minimum Gasteiger partial charge on any atom is -0.455 e. The van der Waals surface area contributed by atoms with Crippen molar-refractivity contribution >= 4 is 23.6 Å². The number of ether oxygens (including phenoxy) is 1. The van der Waals surface area contributed by atoms with Crippen LogP contribution in [0.15, 0.2) is 61.7 Å². The van der Waals surface area contributed by atoms with Gasteiger partial charge in [0, 0.05) is 49.2 Å². The molecule has 5 rings (SSSR count). The van der Waals surface area contributed by atoms with Crippen molar-refractivity contribution in [2.24, 2.45) is 39.9 Å². The zero-order valence-electron chi connectivity index (χ0n) is 26.0. The maximum atomic E-state index is 13.6. The van der Waals surface area contributed by atoms with Gasteiger partial charge in [0.25, 0.3) is 0 Å². The SMILES string of the molecule is C=C[C@]1(C)C[C@@H](CC(=O)COC(=O)/C=C/c2ccc(Cn3ccnc3)cc2)[C@]2(C)[C@H](C)CC[C@]3(CCC(=O)[C@H]32)[C@@H](C)[C@@H]1O. The Bertz CT molecular complexity index is 1380. The van der Waals surface area contributed by atoms with Crippen molar-refractivity contribution < 1.29 is 24.2 Å². The lowest BCUT2D eigenvalue weighted by Gasteiger charge is -2.62. The molecule has 0 saturated heterocycles. The van der Waals surface area contributed by atoms with Gasteiger partial charge in [0.15, 0.2) is 5.78 Å². The molecule has 3 fully saturated rings. The Balaban J connectivity index is 1.27. The third kappa shape index (κ3) is 5.68. The van der Waals surface area contributed by atoms with Crippen LogP contribution in [0.3, 0.4) is 0 Å². The molecule has 7 heteroatoms. The average molecular weight is 587 g/mol. The molecular weight excluding hydrogens is 540 g/mol. The van der Waals surface area contributed by atoms with Crippen LogP contribution >= 0.6 is 0 Å². The molecule has 7 nitrogen and oxygen atoms in total. The Morgan fingerprint density at radius 1 is 1.19 bits per heavy atom. The number of aliphatic hydroxyl groups is 1. The zero-order chi connectivity index (χ0) is 31.0. The number of benzene rings is 1. The number of hydrogen-bond donors (Lipinski definition) is 1. The van der Waals surface area contributed by atoms with E-state index in [9.17, 15) is 19.5 Å². The monoisotopic (exact) mass is 586 g/mol. The van der Waals surface area contributed by atoms with Gasteiger partial charge in [-0.3, -0.25) is 9.59 Å². The summed E-state index contributed by atoms with van der Waals surface area (Å²) in [4.78, 5) is 43.6.